The number of halogens is 1. The molecule has 200 valence electrons. The molecule has 0 aliphatic carbocycles. The van der Waals surface area contributed by atoms with Gasteiger partial charge in [0, 0.05) is 13.0 Å². The fourth-order valence-electron chi connectivity index (χ4n) is 4.79. The highest BCUT2D eigenvalue weighted by Crippen LogP contribution is 2.29. The van der Waals surface area contributed by atoms with Crippen molar-refractivity contribution >= 4 is 16.9 Å². The number of imidazole rings is 1. The summed E-state index contributed by atoms with van der Waals surface area (Å²) in [4.78, 5) is 18.6. The van der Waals surface area contributed by atoms with E-state index in [1.165, 1.54) is 12.1 Å². The molecule has 3 aromatic carbocycles. The van der Waals surface area contributed by atoms with Crippen LogP contribution in [0.1, 0.15) is 53.9 Å². The summed E-state index contributed by atoms with van der Waals surface area (Å²) >= 11 is 0. The summed E-state index contributed by atoms with van der Waals surface area (Å²) in [5.41, 5.74) is 6.10. The van der Waals surface area contributed by atoms with Gasteiger partial charge >= 0.3 is 0 Å². The Kier molecular flexibility index (Phi) is 8.66. The Labute approximate surface area is 223 Å². The highest BCUT2D eigenvalue weighted by Gasteiger charge is 2.25. The summed E-state index contributed by atoms with van der Waals surface area (Å²) in [7, 11) is 3.22. The lowest BCUT2D eigenvalue weighted by Gasteiger charge is -2.21. The first-order valence-corrected chi connectivity index (χ1v) is 13.1. The van der Waals surface area contributed by atoms with Gasteiger partial charge in [-0.3, -0.25) is 4.79 Å². The van der Waals surface area contributed by atoms with Crippen molar-refractivity contribution in [2.75, 3.05) is 20.8 Å². The number of fused-ring (bicyclic) bond motifs is 1. The average Bonchev–Trinajstić information content (AvgIpc) is 3.24. The molecule has 4 aromatic rings. The quantitative estimate of drug-likeness (QED) is 0.261. The second-order valence-electron chi connectivity index (χ2n) is 9.66. The van der Waals surface area contributed by atoms with E-state index in [0.29, 0.717) is 37.3 Å². The second kappa shape index (κ2) is 12.1. The molecule has 0 fully saturated rings. The standard InChI is InChI=1S/C31H36FN3O3/c1-6-7-26(31(36)33-15-14-23-10-13-28(37-4)29(18-23)38-5)35-27-17-21(3)20(2)16-25(27)34-30(35)19-22-8-11-24(32)12-9-22/h8-13,16-18,26H,6-7,14-15,19H2,1-5H3,(H,33,36)/t26-/m1/s1. The van der Waals surface area contributed by atoms with Gasteiger partial charge in [0.25, 0.3) is 0 Å². The lowest BCUT2D eigenvalue weighted by atomic mass is 10.1. The normalized spacial score (nSPS) is 11.9. The molecule has 4 rings (SSSR count). The van der Waals surface area contributed by atoms with Gasteiger partial charge in [-0.15, -0.1) is 0 Å². The number of hydrogen-bond donors (Lipinski definition) is 1. The van der Waals surface area contributed by atoms with Crippen LogP contribution in [-0.2, 0) is 17.6 Å². The van der Waals surface area contributed by atoms with Crippen molar-refractivity contribution < 1.29 is 18.7 Å². The Morgan fingerprint density at radius 1 is 0.974 bits per heavy atom. The van der Waals surface area contributed by atoms with Crippen LogP contribution in [0, 0.1) is 19.7 Å². The fraction of sp³-hybridized carbons (Fsp3) is 0.355. The number of hydrogen-bond acceptors (Lipinski definition) is 4. The molecule has 7 heteroatoms. The van der Waals surface area contributed by atoms with Crippen LogP contribution in [0.25, 0.3) is 11.0 Å². The Bertz CT molecular complexity index is 1410. The van der Waals surface area contributed by atoms with Gasteiger partial charge in [-0.05, 0) is 85.3 Å². The molecule has 1 aromatic heterocycles. The first-order chi connectivity index (χ1) is 18.3. The summed E-state index contributed by atoms with van der Waals surface area (Å²) in [5, 5.41) is 3.15. The highest BCUT2D eigenvalue weighted by molar-refractivity contribution is 5.85. The smallest absolute Gasteiger partial charge is 0.243 e. The topological polar surface area (TPSA) is 65.4 Å². The number of carbonyl (C=O) groups excluding carboxylic acids is 1. The van der Waals surface area contributed by atoms with Gasteiger partial charge in [-0.2, -0.15) is 0 Å². The fourth-order valence-corrected chi connectivity index (χ4v) is 4.79. The maximum atomic E-state index is 13.6. The molecule has 0 saturated carbocycles. The first kappa shape index (κ1) is 27.2. The zero-order chi connectivity index (χ0) is 27.2. The van der Waals surface area contributed by atoms with Crippen LogP contribution in [0.5, 0.6) is 11.5 Å². The number of nitrogens with zero attached hydrogens (tertiary/aromatic N) is 2. The third-order valence-electron chi connectivity index (χ3n) is 6.99. The molecule has 6 nitrogen and oxygen atoms in total. The van der Waals surface area contributed by atoms with E-state index < -0.39 is 6.04 Å². The van der Waals surface area contributed by atoms with Crippen molar-refractivity contribution in [2.45, 2.75) is 52.5 Å². The Hall–Kier alpha value is -3.87. The number of carbonyl (C=O) groups is 1. The van der Waals surface area contributed by atoms with E-state index in [4.69, 9.17) is 14.5 Å². The van der Waals surface area contributed by atoms with E-state index in [2.05, 4.69) is 42.8 Å². The summed E-state index contributed by atoms with van der Waals surface area (Å²) in [6, 6.07) is 16.0. The monoisotopic (exact) mass is 517 g/mol. The van der Waals surface area contributed by atoms with Crippen molar-refractivity contribution in [3.05, 3.63) is 88.5 Å². The molecule has 1 N–H and O–H groups in total. The predicted molar refractivity (Wildman–Crippen MR) is 149 cm³/mol. The van der Waals surface area contributed by atoms with Gasteiger partial charge in [-0.1, -0.05) is 31.5 Å². The number of ether oxygens (including phenoxy) is 2. The van der Waals surface area contributed by atoms with Crippen molar-refractivity contribution in [2.24, 2.45) is 0 Å². The van der Waals surface area contributed by atoms with E-state index in [-0.39, 0.29) is 11.7 Å². The molecular formula is C31H36FN3O3. The molecule has 1 atom stereocenters. The van der Waals surface area contributed by atoms with E-state index in [9.17, 15) is 9.18 Å². The number of rotatable bonds is 11. The average molecular weight is 518 g/mol. The van der Waals surface area contributed by atoms with Gasteiger partial charge < -0.3 is 19.4 Å². The van der Waals surface area contributed by atoms with Crippen LogP contribution < -0.4 is 14.8 Å². The van der Waals surface area contributed by atoms with E-state index in [1.54, 1.807) is 26.4 Å². The molecule has 38 heavy (non-hydrogen) atoms. The lowest BCUT2D eigenvalue weighted by Crippen LogP contribution is -2.34. The molecule has 1 heterocycles. The van der Waals surface area contributed by atoms with Gasteiger partial charge in [0.05, 0.1) is 25.3 Å². The third-order valence-corrected chi connectivity index (χ3v) is 6.99. The second-order valence-corrected chi connectivity index (χ2v) is 9.66. The largest absolute Gasteiger partial charge is 0.493 e. The van der Waals surface area contributed by atoms with Gasteiger partial charge in [0.1, 0.15) is 17.7 Å². The summed E-state index contributed by atoms with van der Waals surface area (Å²) in [6.45, 7) is 6.71. The van der Waals surface area contributed by atoms with Crippen LogP contribution in [0.3, 0.4) is 0 Å². The van der Waals surface area contributed by atoms with Gasteiger partial charge in [0.15, 0.2) is 11.5 Å². The molecule has 0 aliphatic rings. The minimum Gasteiger partial charge on any atom is -0.493 e. The van der Waals surface area contributed by atoms with E-state index >= 15 is 0 Å². The summed E-state index contributed by atoms with van der Waals surface area (Å²) < 4.78 is 26.3. The van der Waals surface area contributed by atoms with Crippen molar-refractivity contribution in [3.63, 3.8) is 0 Å². The summed E-state index contributed by atoms with van der Waals surface area (Å²) in [5.74, 6) is 1.83. The first-order valence-electron chi connectivity index (χ1n) is 13.1. The Morgan fingerprint density at radius 2 is 1.66 bits per heavy atom. The van der Waals surface area contributed by atoms with Crippen LogP contribution in [0.15, 0.2) is 54.6 Å². The van der Waals surface area contributed by atoms with Crippen LogP contribution in [0.4, 0.5) is 4.39 Å². The highest BCUT2D eigenvalue weighted by atomic mass is 19.1. The molecule has 0 radical (unpaired) electrons. The lowest BCUT2D eigenvalue weighted by molar-refractivity contribution is -0.124. The molecule has 0 aliphatic heterocycles. The van der Waals surface area contributed by atoms with E-state index in [1.807, 2.05) is 18.2 Å². The molecule has 0 saturated heterocycles. The zero-order valence-electron chi connectivity index (χ0n) is 22.8. The molecule has 0 unspecified atom stereocenters. The molecule has 0 bridgehead atoms. The SMILES string of the molecule is CCC[C@H](C(=O)NCCc1ccc(OC)c(OC)c1)n1c(Cc2ccc(F)cc2)nc2cc(C)c(C)cc21. The number of nitrogens with one attached hydrogen (secondary N) is 1. The van der Waals surface area contributed by atoms with E-state index in [0.717, 1.165) is 45.5 Å². The zero-order valence-corrected chi connectivity index (χ0v) is 22.8. The van der Waals surface area contributed by atoms with Crippen LogP contribution >= 0.6 is 0 Å². The number of benzene rings is 3. The Balaban J connectivity index is 1.62. The van der Waals surface area contributed by atoms with Crippen molar-refractivity contribution in [3.8, 4) is 11.5 Å². The van der Waals surface area contributed by atoms with Crippen LogP contribution in [0.2, 0.25) is 0 Å². The third kappa shape index (κ3) is 5.98. The Morgan fingerprint density at radius 3 is 2.34 bits per heavy atom. The maximum Gasteiger partial charge on any atom is 0.243 e. The van der Waals surface area contributed by atoms with Crippen LogP contribution in [-0.4, -0.2) is 36.2 Å². The van der Waals surface area contributed by atoms with Crippen molar-refractivity contribution in [1.29, 1.82) is 0 Å². The number of aryl methyl sites for hydroxylation is 2. The number of methoxy groups -OCH3 is 2. The van der Waals surface area contributed by atoms with Gasteiger partial charge in [0.2, 0.25) is 5.91 Å². The van der Waals surface area contributed by atoms with Crippen molar-refractivity contribution in [1.82, 2.24) is 14.9 Å². The maximum absolute atomic E-state index is 13.6. The molecule has 1 amide bonds. The number of aromatic nitrogens is 2. The molecular weight excluding hydrogens is 481 g/mol. The number of amides is 1. The molecule has 0 spiro atoms. The minimum absolute atomic E-state index is 0.0368. The predicted octanol–water partition coefficient (Wildman–Crippen LogP) is 6.10. The minimum atomic E-state index is -0.409. The summed E-state index contributed by atoms with van der Waals surface area (Å²) in [6.07, 6.45) is 2.69. The van der Waals surface area contributed by atoms with Gasteiger partial charge in [-0.25, -0.2) is 9.37 Å².